The van der Waals surface area contributed by atoms with Crippen LogP contribution in [0.25, 0.3) is 10.8 Å². The fraction of sp³-hybridized carbons (Fsp3) is 0.154. The fourth-order valence-electron chi connectivity index (χ4n) is 1.72. The Bertz CT molecular complexity index is 515. The Kier molecular flexibility index (Phi) is 2.42. The van der Waals surface area contributed by atoms with E-state index in [1.165, 1.54) is 0 Å². The highest BCUT2D eigenvalue weighted by Crippen LogP contribution is 2.27. The molecule has 0 aliphatic rings. The Labute approximate surface area is 88.5 Å². The number of rotatable bonds is 2. The lowest BCUT2D eigenvalue weighted by Crippen LogP contribution is -1.98. The molecule has 0 aromatic heterocycles. The molecule has 0 spiro atoms. The predicted octanol–water partition coefficient (Wildman–Crippen LogP) is 2.85. The molecule has 0 saturated heterocycles. The number of carbonyl (C=O) groups is 1. The Morgan fingerprint density at radius 2 is 2.13 bits per heavy atom. The van der Waals surface area contributed by atoms with Crippen molar-refractivity contribution < 1.29 is 9.53 Å². The highest BCUT2D eigenvalue weighted by atomic mass is 16.5. The van der Waals surface area contributed by atoms with E-state index >= 15 is 0 Å². The number of Topliss-reactive ketones (excluding diaryl/α,β-unsaturated/α-hetero) is 1. The second-order valence-corrected chi connectivity index (χ2v) is 3.35. The number of benzene rings is 2. The van der Waals surface area contributed by atoms with Gasteiger partial charge in [-0.3, -0.25) is 4.79 Å². The second-order valence-electron chi connectivity index (χ2n) is 3.35. The molecule has 0 N–H and O–H groups in total. The van der Waals surface area contributed by atoms with Gasteiger partial charge in [0.1, 0.15) is 5.75 Å². The summed E-state index contributed by atoms with van der Waals surface area (Å²) in [6, 6.07) is 12.3. The molecule has 2 heteroatoms. The average molecular weight is 199 g/mol. The molecule has 0 saturated carbocycles. The Balaban J connectivity index is 2.85. The van der Waals surface area contributed by atoms with Gasteiger partial charge >= 0.3 is 0 Å². The lowest BCUT2D eigenvalue weighted by Gasteiger charge is -2.08. The zero-order valence-corrected chi connectivity index (χ0v) is 8.70. The van der Waals surface area contributed by atoms with E-state index in [4.69, 9.17) is 4.74 Å². The Morgan fingerprint density at radius 3 is 2.80 bits per heavy atom. The minimum Gasteiger partial charge on any atom is -0.496 e. The van der Waals surface area contributed by atoms with Gasteiger partial charge in [0, 0.05) is 0 Å². The molecule has 2 rings (SSSR count). The summed E-state index contributed by atoms with van der Waals surface area (Å²) in [4.78, 5) is 11.5. The second kappa shape index (κ2) is 3.73. The number of hydrogen-bond acceptors (Lipinski definition) is 2. The van der Waals surface area contributed by atoms with Gasteiger partial charge in [0.05, 0.1) is 12.7 Å². The monoisotopic (exact) mass is 199 g/mol. The van der Waals surface area contributed by atoms with Crippen LogP contribution in [0.1, 0.15) is 17.3 Å². The van der Waals surface area contributed by atoms with Crippen LogP contribution in [0.3, 0.4) is 0 Å². The highest BCUT2D eigenvalue weighted by molar-refractivity contribution is 6.09. The molecule has 0 atom stereocenters. The molecule has 15 heavy (non-hydrogen) atoms. The average Bonchev–Trinajstić information content (AvgIpc) is 2.27. The first-order valence-electron chi connectivity index (χ1n) is 4.72. The third-order valence-electron chi connectivity index (χ3n) is 2.40. The molecule has 0 aliphatic heterocycles. The molecule has 75 valence electrons. The standard InChI is InChI=1S/C13H11O2/c1-9(14)13-11-6-4-3-5-10(11)7-8-12(13)15-2/h4-8H,1-2H3. The van der Waals surface area contributed by atoms with Gasteiger partial charge in [0.25, 0.3) is 0 Å². The van der Waals surface area contributed by atoms with E-state index in [-0.39, 0.29) is 5.78 Å². The molecular formula is C13H11O2. The first kappa shape index (κ1) is 9.71. The maximum atomic E-state index is 11.5. The minimum absolute atomic E-state index is 0.0173. The molecule has 0 aliphatic carbocycles. The zero-order valence-electron chi connectivity index (χ0n) is 8.70. The van der Waals surface area contributed by atoms with Crippen LogP contribution in [0.15, 0.2) is 30.3 Å². The summed E-state index contributed by atoms with van der Waals surface area (Å²) in [5.74, 6) is 0.643. The van der Waals surface area contributed by atoms with Gasteiger partial charge in [0.15, 0.2) is 5.78 Å². The lowest BCUT2D eigenvalue weighted by molar-refractivity contribution is 0.101. The van der Waals surface area contributed by atoms with E-state index in [9.17, 15) is 4.79 Å². The van der Waals surface area contributed by atoms with Crippen LogP contribution in [0.2, 0.25) is 0 Å². The van der Waals surface area contributed by atoms with Crippen molar-refractivity contribution >= 4 is 16.6 Å². The molecule has 0 unspecified atom stereocenters. The number of carbonyl (C=O) groups excluding carboxylic acids is 1. The first-order chi connectivity index (χ1) is 7.24. The lowest BCUT2D eigenvalue weighted by atomic mass is 10.0. The molecule has 2 aromatic carbocycles. The van der Waals surface area contributed by atoms with Gasteiger partial charge in [-0.05, 0) is 35.9 Å². The fourth-order valence-corrected chi connectivity index (χ4v) is 1.72. The van der Waals surface area contributed by atoms with E-state index in [2.05, 4.69) is 6.07 Å². The van der Waals surface area contributed by atoms with Crippen LogP contribution < -0.4 is 4.74 Å². The normalized spacial score (nSPS) is 10.3. The summed E-state index contributed by atoms with van der Waals surface area (Å²) in [6.45, 7) is 1.55. The van der Waals surface area contributed by atoms with Crippen LogP contribution in [0.4, 0.5) is 0 Å². The predicted molar refractivity (Wildman–Crippen MR) is 59.3 cm³/mol. The molecular weight excluding hydrogens is 188 g/mol. The summed E-state index contributed by atoms with van der Waals surface area (Å²) in [7, 11) is 1.57. The van der Waals surface area contributed by atoms with E-state index in [0.29, 0.717) is 11.3 Å². The maximum absolute atomic E-state index is 11.5. The summed E-state index contributed by atoms with van der Waals surface area (Å²) in [6.07, 6.45) is 0. The molecule has 0 amide bonds. The van der Waals surface area contributed by atoms with Crippen LogP contribution in [-0.2, 0) is 0 Å². The third-order valence-corrected chi connectivity index (χ3v) is 2.40. The number of ether oxygens (including phenoxy) is 1. The smallest absolute Gasteiger partial charge is 0.164 e. The largest absolute Gasteiger partial charge is 0.496 e. The van der Waals surface area contributed by atoms with Crippen molar-refractivity contribution in [3.05, 3.63) is 42.0 Å². The topological polar surface area (TPSA) is 26.3 Å². The SMILES string of the molecule is COc1ccc2c[c]ccc2c1C(C)=O. The highest BCUT2D eigenvalue weighted by Gasteiger charge is 2.11. The minimum atomic E-state index is 0.0173. The number of ketones is 1. The molecule has 0 bridgehead atoms. The third kappa shape index (κ3) is 1.59. The summed E-state index contributed by atoms with van der Waals surface area (Å²) in [5.41, 5.74) is 0.643. The van der Waals surface area contributed by atoms with Gasteiger partial charge < -0.3 is 4.74 Å². The Hall–Kier alpha value is -1.83. The molecule has 0 fully saturated rings. The zero-order chi connectivity index (χ0) is 10.8. The number of fused-ring (bicyclic) bond motifs is 1. The summed E-state index contributed by atoms with van der Waals surface area (Å²) < 4.78 is 5.18. The van der Waals surface area contributed by atoms with Crippen molar-refractivity contribution in [2.24, 2.45) is 0 Å². The van der Waals surface area contributed by atoms with Crippen LogP contribution in [-0.4, -0.2) is 12.9 Å². The van der Waals surface area contributed by atoms with Crippen molar-refractivity contribution in [1.82, 2.24) is 0 Å². The van der Waals surface area contributed by atoms with Gasteiger partial charge in [-0.2, -0.15) is 0 Å². The quantitative estimate of drug-likeness (QED) is 0.695. The van der Waals surface area contributed by atoms with E-state index in [0.717, 1.165) is 10.8 Å². The Morgan fingerprint density at radius 1 is 1.33 bits per heavy atom. The van der Waals surface area contributed by atoms with Crippen molar-refractivity contribution in [3.8, 4) is 5.75 Å². The van der Waals surface area contributed by atoms with Crippen molar-refractivity contribution in [1.29, 1.82) is 0 Å². The van der Waals surface area contributed by atoms with Gasteiger partial charge in [-0.15, -0.1) is 0 Å². The van der Waals surface area contributed by atoms with Crippen molar-refractivity contribution in [2.75, 3.05) is 7.11 Å². The number of methoxy groups -OCH3 is 1. The van der Waals surface area contributed by atoms with Gasteiger partial charge in [0.2, 0.25) is 0 Å². The number of hydrogen-bond donors (Lipinski definition) is 0. The van der Waals surface area contributed by atoms with Crippen LogP contribution >= 0.6 is 0 Å². The summed E-state index contributed by atoms with van der Waals surface area (Å²) >= 11 is 0. The van der Waals surface area contributed by atoms with E-state index in [1.54, 1.807) is 20.1 Å². The first-order valence-corrected chi connectivity index (χ1v) is 4.72. The van der Waals surface area contributed by atoms with E-state index < -0.39 is 0 Å². The van der Waals surface area contributed by atoms with Crippen molar-refractivity contribution in [3.63, 3.8) is 0 Å². The van der Waals surface area contributed by atoms with Gasteiger partial charge in [-0.1, -0.05) is 18.2 Å². The molecule has 2 nitrogen and oxygen atoms in total. The van der Waals surface area contributed by atoms with Crippen LogP contribution in [0, 0.1) is 6.07 Å². The van der Waals surface area contributed by atoms with Crippen LogP contribution in [0.5, 0.6) is 5.75 Å². The molecule has 1 radical (unpaired) electrons. The van der Waals surface area contributed by atoms with E-state index in [1.807, 2.05) is 24.3 Å². The molecule has 2 aromatic rings. The molecule has 0 heterocycles. The van der Waals surface area contributed by atoms with Gasteiger partial charge in [-0.25, -0.2) is 0 Å². The summed E-state index contributed by atoms with van der Waals surface area (Å²) in [5, 5.41) is 1.92. The van der Waals surface area contributed by atoms with Crippen molar-refractivity contribution in [2.45, 2.75) is 6.92 Å². The maximum Gasteiger partial charge on any atom is 0.164 e.